The normalized spacial score (nSPS) is 13.6. The molecule has 2 atom stereocenters. The SMILES string of the molecule is CCOC(CCS[PH](=S)SCCC(=O)NCS[PH](=S)SCCC(OCC)OCC)OCC. The number of amides is 1. The standard InChI is InChI=1S/C18H39NO5P2S6/c1-5-21-17(22-6-2)10-13-30-25(27)29-12-9-16(20)19-15-32-26(28)31-14-11-18(23-7-3)24-8-4/h17-18,25-26H,5-15H2,1-4H3,(H,19,20). The first-order chi connectivity index (χ1) is 15.5. The predicted octanol–water partition coefficient (Wildman–Crippen LogP) is 5.97. The average Bonchev–Trinajstić information content (AvgIpc) is 2.74. The van der Waals surface area contributed by atoms with Crippen LogP contribution in [0.1, 0.15) is 47.0 Å². The molecule has 14 heteroatoms. The maximum Gasteiger partial charge on any atom is 0.221 e. The molecule has 0 aliphatic rings. The molecule has 32 heavy (non-hydrogen) atoms. The molecular weight excluding hydrogens is 565 g/mol. The van der Waals surface area contributed by atoms with E-state index in [1.165, 1.54) is 0 Å². The number of carbonyl (C=O) groups excluding carboxylic acids is 1. The molecule has 0 heterocycles. The van der Waals surface area contributed by atoms with Crippen molar-refractivity contribution in [2.75, 3.05) is 49.6 Å². The number of rotatable bonds is 23. The lowest BCUT2D eigenvalue weighted by Crippen LogP contribution is -2.22. The van der Waals surface area contributed by atoms with E-state index in [2.05, 4.69) is 5.32 Å². The molecule has 0 saturated carbocycles. The lowest BCUT2D eigenvalue weighted by atomic mass is 10.5. The Balaban J connectivity index is 3.77. The van der Waals surface area contributed by atoms with E-state index in [1.54, 1.807) is 45.5 Å². The van der Waals surface area contributed by atoms with Crippen LogP contribution in [0.3, 0.4) is 0 Å². The summed E-state index contributed by atoms with van der Waals surface area (Å²) in [5.74, 6) is 3.24. The van der Waals surface area contributed by atoms with E-state index >= 15 is 0 Å². The maximum absolute atomic E-state index is 12.0. The van der Waals surface area contributed by atoms with Gasteiger partial charge < -0.3 is 24.3 Å². The number of carbonyl (C=O) groups is 1. The Bertz CT molecular complexity index is 470. The topological polar surface area (TPSA) is 66.0 Å². The molecule has 192 valence electrons. The van der Waals surface area contributed by atoms with Gasteiger partial charge in [-0.1, -0.05) is 35.0 Å². The molecular formula is C18H39NO5P2S6. The molecule has 0 saturated heterocycles. The number of hydrogen-bond acceptors (Lipinski definition) is 11. The van der Waals surface area contributed by atoms with Crippen molar-refractivity contribution < 1.29 is 23.7 Å². The third kappa shape index (κ3) is 21.3. The Morgan fingerprint density at radius 2 is 1.16 bits per heavy atom. The van der Waals surface area contributed by atoms with Gasteiger partial charge in [-0.2, -0.15) is 0 Å². The lowest BCUT2D eigenvalue weighted by molar-refractivity contribution is -0.136. The number of hydrogen-bond donors (Lipinski definition) is 1. The van der Waals surface area contributed by atoms with Gasteiger partial charge in [0.1, 0.15) is 0 Å². The van der Waals surface area contributed by atoms with Crippen LogP contribution in [0.25, 0.3) is 0 Å². The monoisotopic (exact) mass is 603 g/mol. The molecule has 0 aliphatic heterocycles. The molecule has 1 amide bonds. The summed E-state index contributed by atoms with van der Waals surface area (Å²) in [6, 6.07) is 0. The Morgan fingerprint density at radius 3 is 1.59 bits per heavy atom. The summed E-state index contributed by atoms with van der Waals surface area (Å²) < 4.78 is 22.2. The fourth-order valence-electron chi connectivity index (χ4n) is 2.22. The second-order valence-electron chi connectivity index (χ2n) is 5.94. The second kappa shape index (κ2) is 24.7. The van der Waals surface area contributed by atoms with Crippen molar-refractivity contribution in [1.82, 2.24) is 5.32 Å². The van der Waals surface area contributed by atoms with Crippen LogP contribution in [-0.4, -0.2) is 68.1 Å². The van der Waals surface area contributed by atoms with Crippen molar-refractivity contribution >= 4 is 85.2 Å². The van der Waals surface area contributed by atoms with E-state index in [4.69, 9.17) is 42.6 Å². The van der Waals surface area contributed by atoms with E-state index in [9.17, 15) is 4.79 Å². The third-order valence-electron chi connectivity index (χ3n) is 3.57. The van der Waals surface area contributed by atoms with E-state index in [1.807, 2.05) is 27.7 Å². The predicted molar refractivity (Wildman–Crippen MR) is 157 cm³/mol. The molecule has 0 bridgehead atoms. The van der Waals surface area contributed by atoms with Crippen molar-refractivity contribution in [3.05, 3.63) is 0 Å². The Kier molecular flexibility index (Phi) is 26.2. The van der Waals surface area contributed by atoms with Crippen molar-refractivity contribution in [2.45, 2.75) is 59.5 Å². The van der Waals surface area contributed by atoms with Gasteiger partial charge in [-0.3, -0.25) is 4.79 Å². The van der Waals surface area contributed by atoms with E-state index < -0.39 is 10.2 Å². The molecule has 0 spiro atoms. The summed E-state index contributed by atoms with van der Waals surface area (Å²) >= 11 is 18.1. The zero-order valence-electron chi connectivity index (χ0n) is 19.4. The highest BCUT2D eigenvalue weighted by atomic mass is 33.2. The van der Waals surface area contributed by atoms with Crippen LogP contribution in [0.2, 0.25) is 0 Å². The van der Waals surface area contributed by atoms with Gasteiger partial charge in [0.05, 0.1) is 5.88 Å². The molecule has 0 aromatic rings. The fourth-order valence-corrected chi connectivity index (χ4v) is 14.8. The van der Waals surface area contributed by atoms with Crippen LogP contribution < -0.4 is 5.32 Å². The highest BCUT2D eigenvalue weighted by Gasteiger charge is 2.10. The minimum atomic E-state index is -1.02. The highest BCUT2D eigenvalue weighted by Crippen LogP contribution is 2.51. The zero-order chi connectivity index (χ0) is 24.0. The van der Waals surface area contributed by atoms with Gasteiger partial charge in [-0.25, -0.2) is 0 Å². The Labute approximate surface area is 222 Å². The molecule has 2 unspecified atom stereocenters. The minimum Gasteiger partial charge on any atom is -0.353 e. The van der Waals surface area contributed by atoms with Gasteiger partial charge in [-0.05, 0) is 27.7 Å². The van der Waals surface area contributed by atoms with Gasteiger partial charge in [0.2, 0.25) is 5.91 Å². The summed E-state index contributed by atoms with van der Waals surface area (Å²) in [4.78, 5) is 12.0. The van der Waals surface area contributed by atoms with E-state index in [0.29, 0.717) is 38.7 Å². The Hall–Kier alpha value is 2.01. The van der Waals surface area contributed by atoms with Crippen molar-refractivity contribution in [2.24, 2.45) is 0 Å². The summed E-state index contributed by atoms with van der Waals surface area (Å²) in [7, 11) is 0. The van der Waals surface area contributed by atoms with Crippen LogP contribution in [0.5, 0.6) is 0 Å². The molecule has 0 radical (unpaired) electrons. The van der Waals surface area contributed by atoms with E-state index in [-0.39, 0.29) is 18.5 Å². The first-order valence-electron chi connectivity index (χ1n) is 10.8. The van der Waals surface area contributed by atoms with Crippen LogP contribution in [0.4, 0.5) is 0 Å². The first kappa shape index (κ1) is 34.0. The van der Waals surface area contributed by atoms with Crippen molar-refractivity contribution in [1.29, 1.82) is 0 Å². The summed E-state index contributed by atoms with van der Waals surface area (Å²) in [6.45, 7) is 10.5. The lowest BCUT2D eigenvalue weighted by Gasteiger charge is -2.16. The van der Waals surface area contributed by atoms with Crippen LogP contribution in [0, 0.1) is 0 Å². The fraction of sp³-hybridized carbons (Fsp3) is 0.944. The van der Waals surface area contributed by atoms with E-state index in [0.717, 1.165) is 30.1 Å². The Morgan fingerprint density at radius 1 is 0.750 bits per heavy atom. The third-order valence-corrected chi connectivity index (χ3v) is 19.7. The maximum atomic E-state index is 12.0. The van der Waals surface area contributed by atoms with Crippen molar-refractivity contribution in [3.63, 3.8) is 0 Å². The smallest absolute Gasteiger partial charge is 0.221 e. The minimum absolute atomic E-state index is 0.0649. The number of nitrogens with one attached hydrogen (secondary N) is 1. The van der Waals surface area contributed by atoms with Gasteiger partial charge in [0.15, 0.2) is 12.6 Å². The largest absolute Gasteiger partial charge is 0.353 e. The van der Waals surface area contributed by atoms with Crippen LogP contribution in [0.15, 0.2) is 0 Å². The molecule has 0 fully saturated rings. The van der Waals surface area contributed by atoms with Gasteiger partial charge >= 0.3 is 0 Å². The average molecular weight is 604 g/mol. The van der Waals surface area contributed by atoms with Gasteiger partial charge in [-0.15, -0.1) is 34.1 Å². The summed E-state index contributed by atoms with van der Waals surface area (Å²) in [6.07, 6.45) is 1.89. The second-order valence-corrected chi connectivity index (χ2v) is 25.1. The summed E-state index contributed by atoms with van der Waals surface area (Å²) in [5.41, 5.74) is 0. The van der Waals surface area contributed by atoms with Crippen molar-refractivity contribution in [3.8, 4) is 0 Å². The molecule has 0 rings (SSSR count). The van der Waals surface area contributed by atoms with Crippen LogP contribution in [-0.2, 0) is 47.4 Å². The molecule has 0 aliphatic carbocycles. The quantitative estimate of drug-likeness (QED) is 0.111. The van der Waals surface area contributed by atoms with Crippen LogP contribution >= 0.6 is 55.7 Å². The summed E-state index contributed by atoms with van der Waals surface area (Å²) in [5, 5.41) is 0.955. The number of ether oxygens (including phenoxy) is 4. The highest BCUT2D eigenvalue weighted by molar-refractivity contribution is 8.94. The molecule has 0 aromatic heterocycles. The molecule has 0 aromatic carbocycles. The molecule has 1 N–H and O–H groups in total. The first-order valence-corrected chi connectivity index (χ1v) is 22.9. The zero-order valence-corrected chi connectivity index (χ0v) is 26.3. The van der Waals surface area contributed by atoms with Gasteiger partial charge in [0.25, 0.3) is 0 Å². The molecule has 6 nitrogen and oxygen atoms in total. The van der Waals surface area contributed by atoms with Gasteiger partial charge in [0, 0.05) is 73.1 Å².